The van der Waals surface area contributed by atoms with Gasteiger partial charge in [-0.2, -0.15) is 0 Å². The maximum Gasteiger partial charge on any atom is 0.335 e. The lowest BCUT2D eigenvalue weighted by atomic mass is 9.63. The zero-order valence-electron chi connectivity index (χ0n) is 18.6. The molecule has 4 nitrogen and oxygen atoms in total. The Morgan fingerprint density at radius 1 is 0.900 bits per heavy atom. The van der Waals surface area contributed by atoms with E-state index in [1.807, 2.05) is 12.1 Å². The molecular weight excluding hydrogens is 374 g/mol. The van der Waals surface area contributed by atoms with Gasteiger partial charge >= 0.3 is 5.97 Å². The number of hydrogen-bond acceptors (Lipinski definition) is 3. The van der Waals surface area contributed by atoms with E-state index in [-0.39, 0.29) is 16.9 Å². The third-order valence-electron chi connectivity index (χ3n) is 7.08. The molecule has 30 heavy (non-hydrogen) atoms. The molecule has 2 aliphatic rings. The molecule has 1 aliphatic heterocycles. The number of carbonyl (C=O) groups is 1. The van der Waals surface area contributed by atoms with Crippen molar-refractivity contribution in [2.24, 2.45) is 0 Å². The van der Waals surface area contributed by atoms with Gasteiger partial charge in [-0.05, 0) is 58.1 Å². The van der Waals surface area contributed by atoms with Crippen molar-refractivity contribution in [2.45, 2.75) is 57.4 Å². The monoisotopic (exact) mass is 407 g/mol. The van der Waals surface area contributed by atoms with Gasteiger partial charge in [0.25, 0.3) is 0 Å². The summed E-state index contributed by atoms with van der Waals surface area (Å²) in [4.78, 5) is 13.8. The molecule has 0 aromatic heterocycles. The van der Waals surface area contributed by atoms with Crippen molar-refractivity contribution >= 4 is 5.97 Å². The number of ether oxygens (including phenoxy) is 1. The third kappa shape index (κ3) is 3.91. The van der Waals surface area contributed by atoms with Crippen LogP contribution in [0.1, 0.15) is 79.2 Å². The van der Waals surface area contributed by atoms with E-state index in [2.05, 4.69) is 50.8 Å². The first-order chi connectivity index (χ1) is 14.2. The van der Waals surface area contributed by atoms with Gasteiger partial charge in [-0.25, -0.2) is 4.79 Å². The van der Waals surface area contributed by atoms with E-state index in [0.717, 1.165) is 31.9 Å². The van der Waals surface area contributed by atoms with Crippen LogP contribution in [-0.4, -0.2) is 42.3 Å². The van der Waals surface area contributed by atoms with Crippen LogP contribution in [-0.2, 0) is 15.6 Å². The van der Waals surface area contributed by atoms with Crippen molar-refractivity contribution < 1.29 is 14.6 Å². The normalized spacial score (nSPS) is 21.6. The molecular formula is C26H33NO3. The van der Waals surface area contributed by atoms with Crippen molar-refractivity contribution in [1.29, 1.82) is 0 Å². The SMILES string of the molecule is CC1(C)CCC(C)(C)c2cc(C(c3ccc(C(=O)O)cc3)N3CCOCC3)ccc21. The number of aromatic carboxylic acids is 1. The van der Waals surface area contributed by atoms with Crippen LogP contribution in [0.2, 0.25) is 0 Å². The Kier molecular flexibility index (Phi) is 5.50. The van der Waals surface area contributed by atoms with Crippen LogP contribution < -0.4 is 0 Å². The second-order valence-electron chi connectivity index (χ2n) is 10.1. The highest BCUT2D eigenvalue weighted by atomic mass is 16.5. The minimum absolute atomic E-state index is 0.0999. The van der Waals surface area contributed by atoms with E-state index < -0.39 is 5.97 Å². The first-order valence-electron chi connectivity index (χ1n) is 11.0. The molecule has 1 atom stereocenters. The fraction of sp³-hybridized carbons (Fsp3) is 0.500. The predicted molar refractivity (Wildman–Crippen MR) is 119 cm³/mol. The van der Waals surface area contributed by atoms with Gasteiger partial charge in [-0.15, -0.1) is 0 Å². The van der Waals surface area contributed by atoms with E-state index in [1.54, 1.807) is 12.1 Å². The molecule has 0 bridgehead atoms. The highest BCUT2D eigenvalue weighted by molar-refractivity contribution is 5.87. The number of carboxylic acids is 1. The Labute approximate surface area is 179 Å². The Morgan fingerprint density at radius 2 is 1.47 bits per heavy atom. The molecule has 0 amide bonds. The van der Waals surface area contributed by atoms with Gasteiger partial charge in [0.2, 0.25) is 0 Å². The summed E-state index contributed by atoms with van der Waals surface area (Å²) in [5, 5.41) is 9.29. The number of hydrogen-bond donors (Lipinski definition) is 1. The summed E-state index contributed by atoms with van der Waals surface area (Å²) in [5.74, 6) is -0.887. The predicted octanol–water partition coefficient (Wildman–Crippen LogP) is 5.16. The van der Waals surface area contributed by atoms with Crippen LogP contribution in [0.15, 0.2) is 42.5 Å². The molecule has 4 heteroatoms. The Hall–Kier alpha value is -2.17. The van der Waals surface area contributed by atoms with E-state index in [4.69, 9.17) is 4.74 Å². The standard InChI is InChI=1S/C26H33NO3/c1-25(2)11-12-26(3,4)22-17-20(9-10-21(22)25)23(27-13-15-30-16-14-27)18-5-7-19(8-6-18)24(28)29/h5-10,17,23H,11-16H2,1-4H3,(H,28,29). The molecule has 2 aromatic rings. The number of fused-ring (bicyclic) bond motifs is 1. The third-order valence-corrected chi connectivity index (χ3v) is 7.08. The van der Waals surface area contributed by atoms with E-state index in [9.17, 15) is 9.90 Å². The highest BCUT2D eigenvalue weighted by Gasteiger charge is 2.37. The Balaban J connectivity index is 1.80. The summed E-state index contributed by atoms with van der Waals surface area (Å²) in [6, 6.07) is 14.5. The van der Waals surface area contributed by atoms with Gasteiger partial charge in [0.15, 0.2) is 0 Å². The summed E-state index contributed by atoms with van der Waals surface area (Å²) in [5.41, 5.74) is 6.01. The van der Waals surface area contributed by atoms with Crippen molar-refractivity contribution in [3.8, 4) is 0 Å². The second-order valence-corrected chi connectivity index (χ2v) is 10.1. The summed E-state index contributed by atoms with van der Waals surface area (Å²) in [6.07, 6.45) is 2.39. The van der Waals surface area contributed by atoms with Crippen LogP contribution in [0.3, 0.4) is 0 Å². The van der Waals surface area contributed by atoms with Gasteiger partial charge in [0.1, 0.15) is 0 Å². The highest BCUT2D eigenvalue weighted by Crippen LogP contribution is 2.47. The zero-order valence-corrected chi connectivity index (χ0v) is 18.6. The van der Waals surface area contributed by atoms with Crippen LogP contribution in [0, 0.1) is 0 Å². The van der Waals surface area contributed by atoms with Gasteiger partial charge in [-0.3, -0.25) is 4.90 Å². The molecule has 0 radical (unpaired) electrons. The summed E-state index contributed by atoms with van der Waals surface area (Å²) >= 11 is 0. The lowest BCUT2D eigenvalue weighted by Gasteiger charge is -2.43. The molecule has 1 unspecified atom stereocenters. The number of carboxylic acid groups (broad SMARTS) is 1. The van der Waals surface area contributed by atoms with Gasteiger partial charge in [0, 0.05) is 13.1 Å². The lowest BCUT2D eigenvalue weighted by Crippen LogP contribution is -2.40. The zero-order chi connectivity index (χ0) is 21.5. The van der Waals surface area contributed by atoms with Crippen molar-refractivity contribution in [2.75, 3.05) is 26.3 Å². The van der Waals surface area contributed by atoms with Gasteiger partial charge in [0.05, 0.1) is 24.8 Å². The number of morpholine rings is 1. The van der Waals surface area contributed by atoms with Crippen LogP contribution in [0.25, 0.3) is 0 Å². The summed E-state index contributed by atoms with van der Waals surface area (Å²) < 4.78 is 5.60. The number of nitrogens with zero attached hydrogens (tertiary/aromatic N) is 1. The minimum Gasteiger partial charge on any atom is -0.478 e. The van der Waals surface area contributed by atoms with Gasteiger partial charge in [-0.1, -0.05) is 58.0 Å². The molecule has 1 aliphatic carbocycles. The molecule has 160 valence electrons. The average molecular weight is 408 g/mol. The van der Waals surface area contributed by atoms with Crippen molar-refractivity contribution in [3.63, 3.8) is 0 Å². The molecule has 2 aromatic carbocycles. The summed E-state index contributed by atoms with van der Waals surface area (Å²) in [7, 11) is 0. The second kappa shape index (κ2) is 7.82. The maximum atomic E-state index is 11.3. The molecule has 4 rings (SSSR count). The molecule has 1 fully saturated rings. The van der Waals surface area contributed by atoms with E-state index in [1.165, 1.54) is 29.5 Å². The molecule has 1 saturated heterocycles. The fourth-order valence-corrected chi connectivity index (χ4v) is 5.03. The lowest BCUT2D eigenvalue weighted by molar-refractivity contribution is 0.0239. The fourth-order valence-electron chi connectivity index (χ4n) is 5.03. The molecule has 0 spiro atoms. The average Bonchev–Trinajstić information content (AvgIpc) is 2.73. The summed E-state index contributed by atoms with van der Waals surface area (Å²) in [6.45, 7) is 12.6. The maximum absolute atomic E-state index is 11.3. The first-order valence-corrected chi connectivity index (χ1v) is 11.0. The number of rotatable bonds is 4. The van der Waals surface area contributed by atoms with Crippen LogP contribution >= 0.6 is 0 Å². The number of benzene rings is 2. The Bertz CT molecular complexity index is 924. The minimum atomic E-state index is -0.887. The Morgan fingerprint density at radius 3 is 2.07 bits per heavy atom. The van der Waals surface area contributed by atoms with Crippen molar-refractivity contribution in [3.05, 3.63) is 70.3 Å². The smallest absolute Gasteiger partial charge is 0.335 e. The first kappa shape index (κ1) is 21.1. The quantitative estimate of drug-likeness (QED) is 0.761. The van der Waals surface area contributed by atoms with Crippen LogP contribution in [0.5, 0.6) is 0 Å². The van der Waals surface area contributed by atoms with E-state index >= 15 is 0 Å². The van der Waals surface area contributed by atoms with Crippen molar-refractivity contribution in [1.82, 2.24) is 4.90 Å². The molecule has 1 heterocycles. The molecule has 0 saturated carbocycles. The van der Waals surface area contributed by atoms with E-state index in [0.29, 0.717) is 5.56 Å². The van der Waals surface area contributed by atoms with Crippen LogP contribution in [0.4, 0.5) is 0 Å². The topological polar surface area (TPSA) is 49.8 Å². The largest absolute Gasteiger partial charge is 0.478 e. The molecule has 1 N–H and O–H groups in total. The van der Waals surface area contributed by atoms with Gasteiger partial charge < -0.3 is 9.84 Å².